The Hall–Kier alpha value is -0.610. The fourth-order valence-corrected chi connectivity index (χ4v) is 2.43. The molecule has 2 atom stereocenters. The number of carbonyl (C=O) groups is 1. The molecular weight excluding hydrogens is 216 g/mol. The van der Waals surface area contributed by atoms with E-state index >= 15 is 0 Å². The van der Waals surface area contributed by atoms with E-state index in [1.807, 2.05) is 0 Å². The summed E-state index contributed by atoms with van der Waals surface area (Å²) in [7, 11) is 0. The van der Waals surface area contributed by atoms with Crippen molar-refractivity contribution >= 4 is 5.91 Å². The van der Waals surface area contributed by atoms with Crippen molar-refractivity contribution in [1.29, 1.82) is 0 Å². The molecule has 0 aromatic rings. The van der Waals surface area contributed by atoms with Gasteiger partial charge < -0.3 is 15.7 Å². The zero-order valence-corrected chi connectivity index (χ0v) is 11.3. The molecule has 1 rings (SSSR count). The fraction of sp³-hybridized carbons (Fsp3) is 0.923. The third-order valence-corrected chi connectivity index (χ3v) is 3.12. The van der Waals surface area contributed by atoms with Crippen molar-refractivity contribution in [3.8, 4) is 0 Å². The van der Waals surface area contributed by atoms with Crippen LogP contribution in [0.15, 0.2) is 0 Å². The molecule has 4 heteroatoms. The summed E-state index contributed by atoms with van der Waals surface area (Å²) in [6.07, 6.45) is 3.85. The van der Waals surface area contributed by atoms with Crippen LogP contribution < -0.4 is 10.6 Å². The molecule has 1 aliphatic rings. The number of hydrogen-bond donors (Lipinski definition) is 3. The van der Waals surface area contributed by atoms with Gasteiger partial charge in [0, 0.05) is 6.54 Å². The Kier molecular flexibility index (Phi) is 5.40. The number of nitrogens with one attached hydrogen (secondary N) is 2. The van der Waals surface area contributed by atoms with Crippen molar-refractivity contribution in [3.05, 3.63) is 0 Å². The molecule has 1 saturated heterocycles. The van der Waals surface area contributed by atoms with E-state index in [1.54, 1.807) is 6.92 Å². The Morgan fingerprint density at radius 1 is 1.53 bits per heavy atom. The Balaban J connectivity index is 2.31. The molecule has 1 unspecified atom stereocenters. The molecule has 0 spiro atoms. The molecule has 1 aliphatic heterocycles. The lowest BCUT2D eigenvalue weighted by Gasteiger charge is -2.28. The van der Waals surface area contributed by atoms with Gasteiger partial charge in [-0.05, 0) is 38.6 Å². The van der Waals surface area contributed by atoms with Gasteiger partial charge in [-0.3, -0.25) is 4.79 Å². The van der Waals surface area contributed by atoms with Gasteiger partial charge in [0.15, 0.2) is 0 Å². The normalized spacial score (nSPS) is 24.4. The highest BCUT2D eigenvalue weighted by Crippen LogP contribution is 2.15. The first kappa shape index (κ1) is 14.5. The maximum absolute atomic E-state index is 11.8. The summed E-state index contributed by atoms with van der Waals surface area (Å²) in [6.45, 7) is 7.17. The molecule has 3 N–H and O–H groups in total. The van der Waals surface area contributed by atoms with Gasteiger partial charge in [-0.25, -0.2) is 0 Å². The van der Waals surface area contributed by atoms with Gasteiger partial charge >= 0.3 is 0 Å². The highest BCUT2D eigenvalue weighted by Gasteiger charge is 2.25. The molecule has 0 aromatic carbocycles. The number of carbonyl (C=O) groups excluding carboxylic acids is 1. The van der Waals surface area contributed by atoms with E-state index in [9.17, 15) is 9.90 Å². The first-order valence-electron chi connectivity index (χ1n) is 6.64. The van der Waals surface area contributed by atoms with Gasteiger partial charge in [0.25, 0.3) is 0 Å². The third-order valence-electron chi connectivity index (χ3n) is 3.12. The molecule has 4 nitrogen and oxygen atoms in total. The summed E-state index contributed by atoms with van der Waals surface area (Å²) in [5, 5.41) is 16.1. The topological polar surface area (TPSA) is 61.4 Å². The maximum atomic E-state index is 11.8. The maximum Gasteiger partial charge on any atom is 0.237 e. The van der Waals surface area contributed by atoms with Crippen LogP contribution in [0.2, 0.25) is 0 Å². The highest BCUT2D eigenvalue weighted by atomic mass is 16.3. The summed E-state index contributed by atoms with van der Waals surface area (Å²) in [5.41, 5.74) is -0.807. The quantitative estimate of drug-likeness (QED) is 0.675. The lowest BCUT2D eigenvalue weighted by molar-refractivity contribution is -0.125. The van der Waals surface area contributed by atoms with E-state index in [0.29, 0.717) is 18.9 Å². The van der Waals surface area contributed by atoms with Crippen LogP contribution in [0.4, 0.5) is 0 Å². The summed E-state index contributed by atoms with van der Waals surface area (Å²) in [4.78, 5) is 11.8. The molecule has 1 amide bonds. The molecule has 0 bridgehead atoms. The highest BCUT2D eigenvalue weighted by molar-refractivity contribution is 5.81. The van der Waals surface area contributed by atoms with E-state index in [0.717, 1.165) is 25.8 Å². The zero-order chi connectivity index (χ0) is 12.9. The van der Waals surface area contributed by atoms with Crippen LogP contribution in [0.1, 0.15) is 46.5 Å². The average Bonchev–Trinajstić information content (AvgIpc) is 2.25. The Bertz CT molecular complexity index is 246. The summed E-state index contributed by atoms with van der Waals surface area (Å²) in [6, 6.07) is -0.0707. The monoisotopic (exact) mass is 242 g/mol. The summed E-state index contributed by atoms with van der Waals surface area (Å²) < 4.78 is 0. The molecule has 100 valence electrons. The first-order valence-corrected chi connectivity index (χ1v) is 6.64. The van der Waals surface area contributed by atoms with Crippen LogP contribution in [0.3, 0.4) is 0 Å². The molecule has 0 aromatic heterocycles. The number of piperidine rings is 1. The lowest BCUT2D eigenvalue weighted by Crippen LogP contribution is -2.50. The second kappa shape index (κ2) is 6.36. The van der Waals surface area contributed by atoms with Gasteiger partial charge in [-0.1, -0.05) is 20.3 Å². The van der Waals surface area contributed by atoms with Crippen molar-refractivity contribution in [2.24, 2.45) is 5.92 Å². The molecule has 0 aliphatic carbocycles. The van der Waals surface area contributed by atoms with Crippen molar-refractivity contribution < 1.29 is 9.90 Å². The molecule has 1 fully saturated rings. The second-order valence-electron chi connectivity index (χ2n) is 5.82. The predicted molar refractivity (Wildman–Crippen MR) is 68.7 cm³/mol. The Morgan fingerprint density at radius 2 is 2.24 bits per heavy atom. The van der Waals surface area contributed by atoms with E-state index in [2.05, 4.69) is 24.5 Å². The van der Waals surface area contributed by atoms with Gasteiger partial charge in [0.05, 0.1) is 11.6 Å². The van der Waals surface area contributed by atoms with Gasteiger partial charge in [0.2, 0.25) is 5.91 Å². The van der Waals surface area contributed by atoms with E-state index in [1.165, 1.54) is 0 Å². The van der Waals surface area contributed by atoms with E-state index in [4.69, 9.17) is 0 Å². The average molecular weight is 242 g/mol. The Morgan fingerprint density at radius 3 is 2.76 bits per heavy atom. The van der Waals surface area contributed by atoms with Crippen molar-refractivity contribution in [2.75, 3.05) is 13.1 Å². The zero-order valence-electron chi connectivity index (χ0n) is 11.3. The van der Waals surface area contributed by atoms with Crippen molar-refractivity contribution in [3.63, 3.8) is 0 Å². The van der Waals surface area contributed by atoms with Crippen molar-refractivity contribution in [2.45, 2.75) is 58.1 Å². The lowest BCUT2D eigenvalue weighted by atomic mass is 9.94. The number of rotatable bonds is 5. The molecule has 1 heterocycles. The van der Waals surface area contributed by atoms with Crippen LogP contribution in [0.25, 0.3) is 0 Å². The number of hydrogen-bond acceptors (Lipinski definition) is 3. The number of aliphatic hydroxyl groups is 1. The molecular formula is C13H26N2O2. The summed E-state index contributed by atoms with van der Waals surface area (Å²) >= 11 is 0. The summed E-state index contributed by atoms with van der Waals surface area (Å²) in [5.74, 6) is 0.448. The van der Waals surface area contributed by atoms with Crippen LogP contribution in [0, 0.1) is 5.92 Å². The largest absolute Gasteiger partial charge is 0.388 e. The minimum Gasteiger partial charge on any atom is -0.388 e. The molecule has 17 heavy (non-hydrogen) atoms. The van der Waals surface area contributed by atoms with Gasteiger partial charge in [-0.2, -0.15) is 0 Å². The predicted octanol–water partition coefficient (Wildman–Crippen LogP) is 1.04. The van der Waals surface area contributed by atoms with Crippen LogP contribution >= 0.6 is 0 Å². The van der Waals surface area contributed by atoms with Crippen LogP contribution in [-0.2, 0) is 4.79 Å². The van der Waals surface area contributed by atoms with Crippen molar-refractivity contribution in [1.82, 2.24) is 10.6 Å². The van der Waals surface area contributed by atoms with Gasteiger partial charge in [0.1, 0.15) is 0 Å². The minimum absolute atomic E-state index is 0.0220. The Labute approximate surface area is 104 Å². The number of amides is 1. The van der Waals surface area contributed by atoms with Crippen LogP contribution in [0.5, 0.6) is 0 Å². The smallest absolute Gasteiger partial charge is 0.237 e. The van der Waals surface area contributed by atoms with E-state index in [-0.39, 0.29) is 11.9 Å². The van der Waals surface area contributed by atoms with E-state index < -0.39 is 5.60 Å². The van der Waals surface area contributed by atoms with Crippen LogP contribution in [-0.4, -0.2) is 35.7 Å². The second-order valence-corrected chi connectivity index (χ2v) is 5.82. The minimum atomic E-state index is -0.807. The fourth-order valence-electron chi connectivity index (χ4n) is 2.43. The standard InChI is InChI=1S/C13H26N2O2/c1-10(2)8-13(3,17)9-15-12(16)11-6-4-5-7-14-11/h10-11,14,17H,4-9H2,1-3H3,(H,15,16)/t11-,13?/m1/s1. The molecule has 0 saturated carbocycles. The molecule has 0 radical (unpaired) electrons. The first-order chi connectivity index (χ1) is 7.91. The SMILES string of the molecule is CC(C)CC(C)(O)CNC(=O)[C@H]1CCCCN1. The third kappa shape index (κ3) is 5.50. The van der Waals surface area contributed by atoms with Gasteiger partial charge in [-0.15, -0.1) is 0 Å².